The second-order valence-electron chi connectivity index (χ2n) is 2.21. The lowest BCUT2D eigenvalue weighted by molar-refractivity contribution is 0.233. The molecule has 6 heteroatoms. The van der Waals surface area contributed by atoms with Crippen molar-refractivity contribution in [2.75, 3.05) is 5.32 Å². The third-order valence-electron chi connectivity index (χ3n) is 1.33. The summed E-state index contributed by atoms with van der Waals surface area (Å²) in [5.74, 6) is 0.300. The summed E-state index contributed by atoms with van der Waals surface area (Å²) in [5, 5.41) is 2.37. The average Bonchev–Trinajstić information content (AvgIpc) is 2.62. The molecule has 1 aliphatic heterocycles. The Bertz CT molecular complexity index is 303. The maximum atomic E-state index is 13.3. The molecule has 0 unspecified atom stereocenters. The fourth-order valence-corrected chi connectivity index (χ4v) is 0.846. The molecule has 0 bridgehead atoms. The number of H-pyrrole nitrogens is 1. The second kappa shape index (κ2) is 2.40. The first-order valence-corrected chi connectivity index (χ1v) is 3.34. The topological polar surface area (TPSA) is 65.4 Å². The van der Waals surface area contributed by atoms with Gasteiger partial charge in [-0.25, -0.2) is 15.0 Å². The predicted octanol–water partition coefficient (Wildman–Crippen LogP) is 0.558. The molecule has 0 aromatic carbocycles. The molecule has 0 saturated heterocycles. The number of hydrogen-bond donors (Lipinski definition) is 2. The molecule has 0 aliphatic carbocycles. The van der Waals surface area contributed by atoms with E-state index in [1.807, 2.05) is 0 Å². The molecule has 0 amide bonds. The van der Waals surface area contributed by atoms with Gasteiger partial charge in [0.1, 0.15) is 0 Å². The highest BCUT2D eigenvalue weighted by Gasteiger charge is 2.29. The summed E-state index contributed by atoms with van der Waals surface area (Å²) in [5.41, 5.74) is 0. The number of nitrogens with zero attached hydrogens (tertiary/aromatic N) is 3. The monoisotopic (exact) mass is 167 g/mol. The van der Waals surface area contributed by atoms with E-state index < -0.39 is 6.04 Å². The minimum atomic E-state index is -2.09. The SMILES string of the molecule is FC1(Nc2ncc[nH]2)N=CC=N1. The van der Waals surface area contributed by atoms with Crippen LogP contribution in [0.4, 0.5) is 10.3 Å². The third kappa shape index (κ3) is 1.18. The van der Waals surface area contributed by atoms with Crippen LogP contribution in [0.3, 0.4) is 0 Å². The molecule has 0 spiro atoms. The summed E-state index contributed by atoms with van der Waals surface area (Å²) in [6, 6.07) is -2.09. The van der Waals surface area contributed by atoms with Crippen molar-refractivity contribution >= 4 is 18.4 Å². The van der Waals surface area contributed by atoms with E-state index in [-0.39, 0.29) is 0 Å². The number of aromatic amines is 1. The average molecular weight is 167 g/mol. The number of aromatic nitrogens is 2. The van der Waals surface area contributed by atoms with E-state index in [1.54, 1.807) is 6.20 Å². The van der Waals surface area contributed by atoms with E-state index in [4.69, 9.17) is 0 Å². The molecular formula is C6H6FN5. The summed E-state index contributed by atoms with van der Waals surface area (Å²) in [6.45, 7) is 0. The van der Waals surface area contributed by atoms with Gasteiger partial charge in [-0.2, -0.15) is 4.39 Å². The number of halogens is 1. The summed E-state index contributed by atoms with van der Waals surface area (Å²) in [7, 11) is 0. The van der Waals surface area contributed by atoms with Gasteiger partial charge in [0.2, 0.25) is 5.95 Å². The molecule has 62 valence electrons. The Kier molecular flexibility index (Phi) is 1.39. The van der Waals surface area contributed by atoms with Crippen molar-refractivity contribution in [2.24, 2.45) is 9.98 Å². The van der Waals surface area contributed by atoms with Gasteiger partial charge in [0, 0.05) is 24.8 Å². The smallest absolute Gasteiger partial charge is 0.331 e. The van der Waals surface area contributed by atoms with Crippen molar-refractivity contribution < 1.29 is 4.39 Å². The normalized spacial score (nSPS) is 18.4. The molecule has 0 fully saturated rings. The summed E-state index contributed by atoms with van der Waals surface area (Å²) in [4.78, 5) is 13.4. The van der Waals surface area contributed by atoms with E-state index in [1.165, 1.54) is 18.6 Å². The number of rotatable bonds is 2. The van der Waals surface area contributed by atoms with Crippen LogP contribution in [-0.4, -0.2) is 28.4 Å². The van der Waals surface area contributed by atoms with Crippen LogP contribution in [0.1, 0.15) is 0 Å². The van der Waals surface area contributed by atoms with Gasteiger partial charge < -0.3 is 4.98 Å². The fourth-order valence-electron chi connectivity index (χ4n) is 0.846. The molecule has 2 N–H and O–H groups in total. The summed E-state index contributed by atoms with van der Waals surface area (Å²) < 4.78 is 13.3. The van der Waals surface area contributed by atoms with Gasteiger partial charge in [-0.3, -0.25) is 5.32 Å². The van der Waals surface area contributed by atoms with E-state index in [0.717, 1.165) is 0 Å². The molecule has 0 saturated carbocycles. The van der Waals surface area contributed by atoms with E-state index in [0.29, 0.717) is 5.95 Å². The lowest BCUT2D eigenvalue weighted by atomic mass is 10.7. The Balaban J connectivity index is 2.13. The van der Waals surface area contributed by atoms with Gasteiger partial charge in [0.25, 0.3) is 0 Å². The van der Waals surface area contributed by atoms with Crippen LogP contribution < -0.4 is 5.32 Å². The van der Waals surface area contributed by atoms with Crippen molar-refractivity contribution in [1.82, 2.24) is 9.97 Å². The van der Waals surface area contributed by atoms with Crippen molar-refractivity contribution in [3.05, 3.63) is 12.4 Å². The maximum absolute atomic E-state index is 13.3. The molecule has 2 heterocycles. The van der Waals surface area contributed by atoms with Gasteiger partial charge in [-0.15, -0.1) is 0 Å². The number of anilines is 1. The minimum Gasteiger partial charge on any atom is -0.331 e. The number of aliphatic imine (C=N–C) groups is 2. The molecule has 1 aromatic heterocycles. The van der Waals surface area contributed by atoms with Crippen molar-refractivity contribution in [2.45, 2.75) is 6.04 Å². The number of imidazole rings is 1. The van der Waals surface area contributed by atoms with Crippen LogP contribution >= 0.6 is 0 Å². The first kappa shape index (κ1) is 6.96. The largest absolute Gasteiger partial charge is 0.381 e. The van der Waals surface area contributed by atoms with Crippen molar-refractivity contribution in [3.8, 4) is 0 Å². The van der Waals surface area contributed by atoms with Gasteiger partial charge >= 0.3 is 6.04 Å². The number of alkyl halides is 1. The van der Waals surface area contributed by atoms with E-state index >= 15 is 0 Å². The first-order chi connectivity index (χ1) is 5.79. The summed E-state index contributed by atoms with van der Waals surface area (Å²) >= 11 is 0. The highest BCUT2D eigenvalue weighted by atomic mass is 19.2. The zero-order valence-corrected chi connectivity index (χ0v) is 6.03. The van der Waals surface area contributed by atoms with Crippen LogP contribution in [0.25, 0.3) is 0 Å². The van der Waals surface area contributed by atoms with E-state index in [9.17, 15) is 4.39 Å². The summed E-state index contributed by atoms with van der Waals surface area (Å²) in [6.07, 6.45) is 5.66. The Morgan fingerprint density at radius 1 is 1.42 bits per heavy atom. The highest BCUT2D eigenvalue weighted by molar-refractivity contribution is 6.17. The van der Waals surface area contributed by atoms with Gasteiger partial charge in [0.15, 0.2) is 0 Å². The molecule has 1 aliphatic rings. The molecule has 1 aromatic rings. The first-order valence-electron chi connectivity index (χ1n) is 3.34. The quantitative estimate of drug-likeness (QED) is 0.632. The van der Waals surface area contributed by atoms with Gasteiger partial charge in [-0.05, 0) is 0 Å². The molecule has 12 heavy (non-hydrogen) atoms. The van der Waals surface area contributed by atoms with Crippen LogP contribution in [0, 0.1) is 0 Å². The van der Waals surface area contributed by atoms with Crippen LogP contribution in [-0.2, 0) is 0 Å². The Morgan fingerprint density at radius 2 is 2.17 bits per heavy atom. The Morgan fingerprint density at radius 3 is 2.75 bits per heavy atom. The van der Waals surface area contributed by atoms with Crippen molar-refractivity contribution in [1.29, 1.82) is 0 Å². The standard InChI is InChI=1S/C6H6FN5/c7-6(10-3-4-11-6)12-5-8-1-2-9-5/h1-4H,(H2,8,9,12). The molecule has 5 nitrogen and oxygen atoms in total. The zero-order valence-electron chi connectivity index (χ0n) is 6.03. The number of hydrogen-bond acceptors (Lipinski definition) is 4. The highest BCUT2D eigenvalue weighted by Crippen LogP contribution is 2.18. The Hall–Kier alpha value is -1.72. The zero-order chi connectivity index (χ0) is 8.44. The van der Waals surface area contributed by atoms with Gasteiger partial charge in [-0.1, -0.05) is 0 Å². The number of nitrogens with one attached hydrogen (secondary N) is 2. The predicted molar refractivity (Wildman–Crippen MR) is 43.0 cm³/mol. The lowest BCUT2D eigenvalue weighted by Crippen LogP contribution is -2.26. The van der Waals surface area contributed by atoms with Gasteiger partial charge in [0.05, 0.1) is 0 Å². The maximum Gasteiger partial charge on any atom is 0.381 e. The molecule has 0 atom stereocenters. The lowest BCUT2D eigenvalue weighted by Gasteiger charge is -2.12. The third-order valence-corrected chi connectivity index (χ3v) is 1.33. The minimum absolute atomic E-state index is 0.300. The van der Waals surface area contributed by atoms with Crippen LogP contribution in [0.15, 0.2) is 22.4 Å². The molecule has 2 rings (SSSR count). The van der Waals surface area contributed by atoms with Crippen LogP contribution in [0.2, 0.25) is 0 Å². The Labute approximate surface area is 67.5 Å². The van der Waals surface area contributed by atoms with Crippen LogP contribution in [0.5, 0.6) is 0 Å². The molecular weight excluding hydrogens is 161 g/mol. The van der Waals surface area contributed by atoms with Crippen molar-refractivity contribution in [3.63, 3.8) is 0 Å². The second-order valence-corrected chi connectivity index (χ2v) is 2.21. The molecule has 0 radical (unpaired) electrons. The fraction of sp³-hybridized carbons (Fsp3) is 0.167. The van der Waals surface area contributed by atoms with E-state index in [2.05, 4.69) is 25.3 Å².